The Labute approximate surface area is 123 Å². The third-order valence-electron chi connectivity index (χ3n) is 4.16. The fourth-order valence-electron chi connectivity index (χ4n) is 2.75. The van der Waals surface area contributed by atoms with Crippen molar-refractivity contribution >= 4 is 17.3 Å². The molecule has 2 atom stereocenters. The molecule has 21 heavy (non-hydrogen) atoms. The number of rotatable bonds is 4. The zero-order chi connectivity index (χ0) is 15.6. The van der Waals surface area contributed by atoms with E-state index in [4.69, 9.17) is 11.5 Å². The van der Waals surface area contributed by atoms with E-state index in [9.17, 15) is 14.9 Å². The van der Waals surface area contributed by atoms with Crippen LogP contribution in [0.2, 0.25) is 0 Å². The summed E-state index contributed by atoms with van der Waals surface area (Å²) in [7, 11) is 0. The van der Waals surface area contributed by atoms with Crippen LogP contribution >= 0.6 is 0 Å². The van der Waals surface area contributed by atoms with Gasteiger partial charge in [-0.15, -0.1) is 0 Å². The molecule has 7 heteroatoms. The highest BCUT2D eigenvalue weighted by molar-refractivity contribution is 5.77. The molecule has 1 amide bonds. The number of hydrogen-bond acceptors (Lipinski definition) is 5. The molecule has 1 fully saturated rings. The summed E-state index contributed by atoms with van der Waals surface area (Å²) < 4.78 is 0. The zero-order valence-corrected chi connectivity index (χ0v) is 12.0. The van der Waals surface area contributed by atoms with Gasteiger partial charge in [-0.1, -0.05) is 12.1 Å². The molecule has 1 saturated heterocycles. The second-order valence-corrected chi connectivity index (χ2v) is 5.56. The molecule has 1 aromatic carbocycles. The van der Waals surface area contributed by atoms with Crippen LogP contribution in [0, 0.1) is 16.0 Å². The first-order chi connectivity index (χ1) is 9.90. The van der Waals surface area contributed by atoms with Crippen LogP contribution in [0.3, 0.4) is 0 Å². The Bertz CT molecular complexity index is 561. The summed E-state index contributed by atoms with van der Waals surface area (Å²) in [4.78, 5) is 23.9. The van der Waals surface area contributed by atoms with Crippen LogP contribution in [0.4, 0.5) is 11.4 Å². The average molecular weight is 292 g/mol. The van der Waals surface area contributed by atoms with Crippen LogP contribution in [0.5, 0.6) is 0 Å². The predicted molar refractivity (Wildman–Crippen MR) is 79.3 cm³/mol. The van der Waals surface area contributed by atoms with Gasteiger partial charge >= 0.3 is 0 Å². The summed E-state index contributed by atoms with van der Waals surface area (Å²) in [5.74, 6) is -0.458. The molecule has 0 aliphatic carbocycles. The molecular weight excluding hydrogens is 272 g/mol. The minimum Gasteiger partial charge on any atom is -0.393 e. The summed E-state index contributed by atoms with van der Waals surface area (Å²) in [6.45, 7) is 3.13. The first-order valence-electron chi connectivity index (χ1n) is 6.95. The van der Waals surface area contributed by atoms with E-state index < -0.39 is 4.92 Å². The van der Waals surface area contributed by atoms with Crippen molar-refractivity contribution in [2.45, 2.75) is 32.4 Å². The van der Waals surface area contributed by atoms with Gasteiger partial charge in [0.1, 0.15) is 5.69 Å². The average Bonchev–Trinajstić information content (AvgIpc) is 2.42. The van der Waals surface area contributed by atoms with E-state index >= 15 is 0 Å². The Morgan fingerprint density at radius 2 is 2.19 bits per heavy atom. The number of benzene rings is 1. The van der Waals surface area contributed by atoms with Crippen molar-refractivity contribution in [2.24, 2.45) is 11.7 Å². The molecule has 2 unspecified atom stereocenters. The van der Waals surface area contributed by atoms with Crippen LogP contribution in [-0.4, -0.2) is 28.3 Å². The summed E-state index contributed by atoms with van der Waals surface area (Å²) in [5, 5.41) is 10.9. The van der Waals surface area contributed by atoms with Crippen molar-refractivity contribution < 1.29 is 9.72 Å². The molecular formula is C14H20N4O3. The lowest BCUT2D eigenvalue weighted by molar-refractivity contribution is -0.384. The van der Waals surface area contributed by atoms with Gasteiger partial charge in [0.25, 0.3) is 5.69 Å². The molecule has 0 saturated carbocycles. The Kier molecular flexibility index (Phi) is 4.42. The number of carbonyl (C=O) groups excluding carboxylic acids is 1. The largest absolute Gasteiger partial charge is 0.393 e. The molecule has 0 spiro atoms. The molecule has 0 bridgehead atoms. The second kappa shape index (κ2) is 6.09. The number of nitro groups is 1. The summed E-state index contributed by atoms with van der Waals surface area (Å²) >= 11 is 0. The highest BCUT2D eigenvalue weighted by Gasteiger charge is 2.29. The number of primary amides is 1. The molecule has 4 N–H and O–H groups in total. The molecule has 0 radical (unpaired) electrons. The molecule has 7 nitrogen and oxygen atoms in total. The highest BCUT2D eigenvalue weighted by atomic mass is 16.6. The third kappa shape index (κ3) is 3.30. The second-order valence-electron chi connectivity index (χ2n) is 5.56. The van der Waals surface area contributed by atoms with Crippen LogP contribution in [0.15, 0.2) is 18.2 Å². The number of nitro benzene ring substituents is 1. The van der Waals surface area contributed by atoms with Crippen molar-refractivity contribution in [3.63, 3.8) is 0 Å². The zero-order valence-electron chi connectivity index (χ0n) is 12.0. The summed E-state index contributed by atoms with van der Waals surface area (Å²) in [6.07, 6.45) is 1.67. The maximum Gasteiger partial charge on any atom is 0.292 e. The molecule has 1 heterocycles. The number of likely N-dealkylation sites (tertiary alicyclic amines) is 1. The fraction of sp³-hybridized carbons (Fsp3) is 0.500. The first-order valence-corrected chi connectivity index (χ1v) is 6.95. The number of amides is 1. The smallest absolute Gasteiger partial charge is 0.292 e. The van der Waals surface area contributed by atoms with Gasteiger partial charge in [0, 0.05) is 25.2 Å². The lowest BCUT2D eigenvalue weighted by Gasteiger charge is -2.37. The van der Waals surface area contributed by atoms with Gasteiger partial charge in [0.2, 0.25) is 5.91 Å². The molecule has 1 aliphatic heterocycles. The van der Waals surface area contributed by atoms with Crippen molar-refractivity contribution in [2.75, 3.05) is 12.3 Å². The summed E-state index contributed by atoms with van der Waals surface area (Å²) in [6, 6.07) is 5.09. The first kappa shape index (κ1) is 15.2. The van der Waals surface area contributed by atoms with Crippen molar-refractivity contribution in [3.05, 3.63) is 33.9 Å². The molecule has 0 aromatic heterocycles. The quantitative estimate of drug-likeness (QED) is 0.492. The minimum atomic E-state index is -0.481. The topological polar surface area (TPSA) is 115 Å². The van der Waals surface area contributed by atoms with Gasteiger partial charge in [0.05, 0.1) is 10.8 Å². The number of nitrogens with zero attached hydrogens (tertiary/aromatic N) is 2. The number of nitrogen functional groups attached to an aromatic ring is 1. The van der Waals surface area contributed by atoms with Crippen LogP contribution in [-0.2, 0) is 11.3 Å². The van der Waals surface area contributed by atoms with E-state index in [1.165, 1.54) is 6.07 Å². The Balaban J connectivity index is 2.18. The normalized spacial score (nSPS) is 22.9. The van der Waals surface area contributed by atoms with Crippen molar-refractivity contribution in [3.8, 4) is 0 Å². The van der Waals surface area contributed by atoms with E-state index in [2.05, 4.69) is 11.8 Å². The number of para-hydroxylation sites is 1. The van der Waals surface area contributed by atoms with Crippen LogP contribution < -0.4 is 11.5 Å². The molecule has 1 aromatic rings. The minimum absolute atomic E-state index is 0.0800. The standard InChI is InChI=1S/C14H20N4O3/c1-9-5-6-11(14(16)19)8-17(9)7-10-3-2-4-12(13(10)15)18(20)21/h2-4,9,11H,5-8,15H2,1H3,(H2,16,19). The number of carbonyl (C=O) groups is 1. The van der Waals surface area contributed by atoms with Crippen molar-refractivity contribution in [1.82, 2.24) is 4.90 Å². The lowest BCUT2D eigenvalue weighted by Crippen LogP contribution is -2.45. The Hall–Kier alpha value is -2.15. The van der Waals surface area contributed by atoms with E-state index in [0.717, 1.165) is 12.8 Å². The molecule has 114 valence electrons. The van der Waals surface area contributed by atoms with Crippen molar-refractivity contribution in [1.29, 1.82) is 0 Å². The van der Waals surface area contributed by atoms with Crippen LogP contribution in [0.25, 0.3) is 0 Å². The van der Waals surface area contributed by atoms with Gasteiger partial charge in [-0.3, -0.25) is 19.8 Å². The van der Waals surface area contributed by atoms with E-state index in [1.807, 2.05) is 0 Å². The van der Waals surface area contributed by atoms with Crippen LogP contribution in [0.1, 0.15) is 25.3 Å². The lowest BCUT2D eigenvalue weighted by atomic mass is 9.92. The van der Waals surface area contributed by atoms with Gasteiger partial charge in [0.15, 0.2) is 0 Å². The number of hydrogen-bond donors (Lipinski definition) is 2. The van der Waals surface area contributed by atoms with Gasteiger partial charge in [-0.05, 0) is 25.3 Å². The number of anilines is 1. The number of nitrogens with two attached hydrogens (primary N) is 2. The highest BCUT2D eigenvalue weighted by Crippen LogP contribution is 2.29. The number of piperidine rings is 1. The summed E-state index contributed by atoms with van der Waals surface area (Å²) in [5.41, 5.74) is 12.1. The van der Waals surface area contributed by atoms with Gasteiger partial charge in [-0.2, -0.15) is 0 Å². The Morgan fingerprint density at radius 3 is 2.81 bits per heavy atom. The molecule has 2 rings (SSSR count). The van der Waals surface area contributed by atoms with Gasteiger partial charge < -0.3 is 11.5 Å². The third-order valence-corrected chi connectivity index (χ3v) is 4.16. The maximum absolute atomic E-state index is 11.4. The monoisotopic (exact) mass is 292 g/mol. The molecule has 1 aliphatic rings. The predicted octanol–water partition coefficient (Wildman–Crippen LogP) is 1.26. The fourth-order valence-corrected chi connectivity index (χ4v) is 2.75. The SMILES string of the molecule is CC1CCC(C(N)=O)CN1Cc1cccc([N+](=O)[O-])c1N. The van der Waals surface area contributed by atoms with Gasteiger partial charge in [-0.25, -0.2) is 0 Å². The van der Waals surface area contributed by atoms with E-state index in [-0.39, 0.29) is 23.2 Å². The maximum atomic E-state index is 11.4. The Morgan fingerprint density at radius 1 is 1.48 bits per heavy atom. The van der Waals surface area contributed by atoms with E-state index in [1.54, 1.807) is 12.1 Å². The van der Waals surface area contributed by atoms with E-state index in [0.29, 0.717) is 24.7 Å².